The molecule has 1 amide bonds. The number of thioether (sulfide) groups is 1. The second-order valence-electron chi connectivity index (χ2n) is 6.05. The van der Waals surface area contributed by atoms with Crippen LogP contribution < -0.4 is 5.32 Å². The standard InChI is InChI=1S/C20H21N3OS/c1-15(2)25-19-10-6-17(7-11-19)20(24)22-18-8-4-16(5-9-18)14-23-13-3-12-21-23/h3-13,15H,14H2,1-2H3,(H,22,24). The van der Waals surface area contributed by atoms with Gasteiger partial charge in [0.1, 0.15) is 0 Å². The highest BCUT2D eigenvalue weighted by Crippen LogP contribution is 2.23. The number of amides is 1. The maximum Gasteiger partial charge on any atom is 0.255 e. The molecule has 5 heteroatoms. The van der Waals surface area contributed by atoms with E-state index in [4.69, 9.17) is 0 Å². The van der Waals surface area contributed by atoms with Gasteiger partial charge in [-0.15, -0.1) is 11.8 Å². The molecule has 25 heavy (non-hydrogen) atoms. The van der Waals surface area contributed by atoms with Gasteiger partial charge in [0.2, 0.25) is 0 Å². The van der Waals surface area contributed by atoms with E-state index < -0.39 is 0 Å². The first-order chi connectivity index (χ1) is 12.1. The molecule has 0 bridgehead atoms. The van der Waals surface area contributed by atoms with Crippen LogP contribution in [0.1, 0.15) is 29.8 Å². The van der Waals surface area contributed by atoms with Gasteiger partial charge in [-0.2, -0.15) is 5.10 Å². The third kappa shape index (κ3) is 4.97. The van der Waals surface area contributed by atoms with E-state index >= 15 is 0 Å². The van der Waals surface area contributed by atoms with Crippen molar-refractivity contribution < 1.29 is 4.79 Å². The summed E-state index contributed by atoms with van der Waals surface area (Å²) in [5, 5.41) is 7.66. The van der Waals surface area contributed by atoms with E-state index in [0.717, 1.165) is 17.8 Å². The molecule has 1 heterocycles. The Hall–Kier alpha value is -2.53. The Kier molecular flexibility index (Phi) is 5.56. The fourth-order valence-corrected chi connectivity index (χ4v) is 3.27. The third-order valence-corrected chi connectivity index (χ3v) is 4.62. The zero-order valence-electron chi connectivity index (χ0n) is 14.3. The number of hydrogen-bond acceptors (Lipinski definition) is 3. The molecular weight excluding hydrogens is 330 g/mol. The molecule has 0 saturated heterocycles. The lowest BCUT2D eigenvalue weighted by atomic mass is 10.2. The number of carbonyl (C=O) groups is 1. The van der Waals surface area contributed by atoms with Crippen LogP contribution >= 0.6 is 11.8 Å². The summed E-state index contributed by atoms with van der Waals surface area (Å²) in [4.78, 5) is 13.5. The van der Waals surface area contributed by atoms with E-state index in [1.807, 2.05) is 65.5 Å². The van der Waals surface area contributed by atoms with Gasteiger partial charge in [0.15, 0.2) is 0 Å². The van der Waals surface area contributed by atoms with Crippen LogP contribution in [-0.2, 0) is 6.54 Å². The van der Waals surface area contributed by atoms with Gasteiger partial charge in [0, 0.05) is 33.8 Å². The first kappa shape index (κ1) is 17.3. The molecule has 128 valence electrons. The van der Waals surface area contributed by atoms with E-state index in [9.17, 15) is 4.79 Å². The number of benzene rings is 2. The monoisotopic (exact) mass is 351 g/mol. The van der Waals surface area contributed by atoms with Crippen LogP contribution in [-0.4, -0.2) is 20.9 Å². The van der Waals surface area contributed by atoms with Crippen molar-refractivity contribution >= 4 is 23.4 Å². The Morgan fingerprint density at radius 1 is 1.12 bits per heavy atom. The van der Waals surface area contributed by atoms with Crippen LogP contribution in [0.2, 0.25) is 0 Å². The normalized spacial score (nSPS) is 10.8. The summed E-state index contributed by atoms with van der Waals surface area (Å²) in [6, 6.07) is 17.5. The first-order valence-electron chi connectivity index (χ1n) is 8.24. The summed E-state index contributed by atoms with van der Waals surface area (Å²) in [7, 11) is 0. The Morgan fingerprint density at radius 2 is 1.84 bits per heavy atom. The smallest absolute Gasteiger partial charge is 0.255 e. The van der Waals surface area contributed by atoms with Crippen LogP contribution in [0.5, 0.6) is 0 Å². The van der Waals surface area contributed by atoms with Gasteiger partial charge in [0.25, 0.3) is 5.91 Å². The predicted molar refractivity (Wildman–Crippen MR) is 103 cm³/mol. The van der Waals surface area contributed by atoms with Crippen molar-refractivity contribution in [2.24, 2.45) is 0 Å². The lowest BCUT2D eigenvalue weighted by molar-refractivity contribution is 0.102. The van der Waals surface area contributed by atoms with Gasteiger partial charge in [-0.1, -0.05) is 26.0 Å². The molecule has 0 aliphatic carbocycles. The van der Waals surface area contributed by atoms with Crippen molar-refractivity contribution in [3.63, 3.8) is 0 Å². The molecule has 0 fully saturated rings. The molecule has 1 aromatic heterocycles. The van der Waals surface area contributed by atoms with Crippen molar-refractivity contribution in [2.45, 2.75) is 30.5 Å². The minimum Gasteiger partial charge on any atom is -0.322 e. The number of hydrogen-bond donors (Lipinski definition) is 1. The molecule has 3 aromatic rings. The van der Waals surface area contributed by atoms with Crippen molar-refractivity contribution in [1.29, 1.82) is 0 Å². The number of aromatic nitrogens is 2. The number of rotatable bonds is 6. The van der Waals surface area contributed by atoms with Crippen molar-refractivity contribution in [3.8, 4) is 0 Å². The second-order valence-corrected chi connectivity index (χ2v) is 7.70. The number of nitrogens with zero attached hydrogens (tertiary/aromatic N) is 2. The summed E-state index contributed by atoms with van der Waals surface area (Å²) in [5.41, 5.74) is 2.58. The quantitative estimate of drug-likeness (QED) is 0.656. The van der Waals surface area contributed by atoms with Crippen LogP contribution in [0.15, 0.2) is 71.9 Å². The SMILES string of the molecule is CC(C)Sc1ccc(C(=O)Nc2ccc(Cn3cccn3)cc2)cc1. The third-order valence-electron chi connectivity index (χ3n) is 3.60. The first-order valence-corrected chi connectivity index (χ1v) is 9.12. The lowest BCUT2D eigenvalue weighted by Gasteiger charge is -2.08. The minimum atomic E-state index is -0.0964. The number of nitrogens with one attached hydrogen (secondary N) is 1. The Balaban J connectivity index is 1.60. The molecule has 0 aliphatic rings. The van der Waals surface area contributed by atoms with Crippen molar-refractivity contribution in [1.82, 2.24) is 9.78 Å². The van der Waals surface area contributed by atoms with Gasteiger partial charge >= 0.3 is 0 Å². The Morgan fingerprint density at radius 3 is 2.44 bits per heavy atom. The van der Waals surface area contributed by atoms with Crippen LogP contribution in [0.3, 0.4) is 0 Å². The van der Waals surface area contributed by atoms with Gasteiger partial charge in [0.05, 0.1) is 6.54 Å². The minimum absolute atomic E-state index is 0.0964. The van der Waals surface area contributed by atoms with Crippen molar-refractivity contribution in [2.75, 3.05) is 5.32 Å². The molecule has 0 radical (unpaired) electrons. The van der Waals surface area contributed by atoms with Crippen LogP contribution in [0.25, 0.3) is 0 Å². The van der Waals surface area contributed by atoms with Gasteiger partial charge in [-0.05, 0) is 48.0 Å². The topological polar surface area (TPSA) is 46.9 Å². The van der Waals surface area contributed by atoms with E-state index in [1.54, 1.807) is 18.0 Å². The molecule has 4 nitrogen and oxygen atoms in total. The summed E-state index contributed by atoms with van der Waals surface area (Å²) < 4.78 is 1.87. The van der Waals surface area contributed by atoms with Gasteiger partial charge in [-0.25, -0.2) is 0 Å². The van der Waals surface area contributed by atoms with E-state index in [2.05, 4.69) is 24.3 Å². The van der Waals surface area contributed by atoms with E-state index in [1.165, 1.54) is 4.90 Å². The molecule has 0 unspecified atom stereocenters. The van der Waals surface area contributed by atoms with Crippen LogP contribution in [0, 0.1) is 0 Å². The summed E-state index contributed by atoms with van der Waals surface area (Å²) >= 11 is 1.79. The lowest BCUT2D eigenvalue weighted by Crippen LogP contribution is -2.11. The molecule has 1 N–H and O–H groups in total. The zero-order chi connectivity index (χ0) is 17.6. The second kappa shape index (κ2) is 8.03. The molecule has 0 saturated carbocycles. The fraction of sp³-hybridized carbons (Fsp3) is 0.200. The maximum atomic E-state index is 12.4. The summed E-state index contributed by atoms with van der Waals surface area (Å²) in [5.74, 6) is -0.0964. The van der Waals surface area contributed by atoms with Crippen LogP contribution in [0.4, 0.5) is 5.69 Å². The summed E-state index contributed by atoms with van der Waals surface area (Å²) in [6.07, 6.45) is 3.69. The van der Waals surface area contributed by atoms with E-state index in [-0.39, 0.29) is 5.91 Å². The highest BCUT2D eigenvalue weighted by atomic mass is 32.2. The number of carbonyl (C=O) groups excluding carboxylic acids is 1. The molecule has 0 atom stereocenters. The molecule has 0 spiro atoms. The molecule has 0 aliphatic heterocycles. The average Bonchev–Trinajstić information content (AvgIpc) is 3.10. The highest BCUT2D eigenvalue weighted by molar-refractivity contribution is 7.99. The van der Waals surface area contributed by atoms with Gasteiger partial charge < -0.3 is 5.32 Å². The fourth-order valence-electron chi connectivity index (χ4n) is 2.43. The van der Waals surface area contributed by atoms with Gasteiger partial charge in [-0.3, -0.25) is 9.48 Å². The molecule has 3 rings (SSSR count). The maximum absolute atomic E-state index is 12.4. The Bertz CT molecular complexity index is 809. The average molecular weight is 351 g/mol. The zero-order valence-corrected chi connectivity index (χ0v) is 15.2. The molecular formula is C20H21N3OS. The van der Waals surface area contributed by atoms with Crippen molar-refractivity contribution in [3.05, 3.63) is 78.1 Å². The summed E-state index contributed by atoms with van der Waals surface area (Å²) in [6.45, 7) is 5.03. The predicted octanol–water partition coefficient (Wildman–Crippen LogP) is 4.68. The highest BCUT2D eigenvalue weighted by Gasteiger charge is 2.07. The Labute approximate surface area is 152 Å². The molecule has 2 aromatic carbocycles. The van der Waals surface area contributed by atoms with E-state index in [0.29, 0.717) is 10.8 Å². The number of anilines is 1. The largest absolute Gasteiger partial charge is 0.322 e.